The number of aromatic nitrogens is 4. The number of halogens is 1. The molecular formula is C24H33ClN6O. The van der Waals surface area contributed by atoms with Crippen LogP contribution in [0.1, 0.15) is 87.6 Å². The Morgan fingerprint density at radius 1 is 1.12 bits per heavy atom. The van der Waals surface area contributed by atoms with E-state index < -0.39 is 0 Å². The van der Waals surface area contributed by atoms with Crippen LogP contribution in [0.5, 0.6) is 0 Å². The maximum atomic E-state index is 12.3. The first-order valence-corrected chi connectivity index (χ1v) is 12.6. The number of nitrogens with one attached hydrogen (secondary N) is 1. The van der Waals surface area contributed by atoms with Gasteiger partial charge in [-0.15, -0.1) is 5.10 Å². The van der Waals surface area contributed by atoms with Crippen LogP contribution >= 0.6 is 11.6 Å². The van der Waals surface area contributed by atoms with E-state index >= 15 is 0 Å². The first kappa shape index (κ1) is 21.8. The summed E-state index contributed by atoms with van der Waals surface area (Å²) in [6.07, 6.45) is 10.4. The van der Waals surface area contributed by atoms with Crippen LogP contribution in [-0.4, -0.2) is 50.6 Å². The van der Waals surface area contributed by atoms with Gasteiger partial charge in [-0.3, -0.25) is 4.79 Å². The van der Waals surface area contributed by atoms with Crippen LogP contribution in [-0.2, 0) is 10.3 Å². The highest BCUT2D eigenvalue weighted by atomic mass is 35.5. The summed E-state index contributed by atoms with van der Waals surface area (Å²) in [5, 5.41) is 17.6. The number of nitrogens with zero attached hydrogens (tertiary/aromatic N) is 5. The monoisotopic (exact) mass is 456 g/mol. The lowest BCUT2D eigenvalue weighted by molar-refractivity contribution is -0.130. The van der Waals surface area contributed by atoms with Gasteiger partial charge in [0.1, 0.15) is 0 Å². The van der Waals surface area contributed by atoms with E-state index in [1.54, 1.807) is 0 Å². The first-order chi connectivity index (χ1) is 15.7. The molecule has 32 heavy (non-hydrogen) atoms. The van der Waals surface area contributed by atoms with Gasteiger partial charge in [0.15, 0.2) is 5.82 Å². The summed E-state index contributed by atoms with van der Waals surface area (Å²) in [6, 6.07) is 8.58. The second-order valence-electron chi connectivity index (χ2n) is 9.71. The number of likely N-dealkylation sites (tertiary alicyclic amines) is 1. The highest BCUT2D eigenvalue weighted by molar-refractivity contribution is 6.31. The lowest BCUT2D eigenvalue weighted by atomic mass is 9.64. The van der Waals surface area contributed by atoms with Crippen molar-refractivity contribution < 1.29 is 4.79 Å². The first-order valence-electron chi connectivity index (χ1n) is 12.2. The molecule has 172 valence electrons. The fraction of sp³-hybridized carbons (Fsp3) is 0.667. The van der Waals surface area contributed by atoms with Crippen molar-refractivity contribution >= 4 is 17.5 Å². The number of rotatable bonds is 8. The zero-order valence-electron chi connectivity index (χ0n) is 18.7. The summed E-state index contributed by atoms with van der Waals surface area (Å²) in [7, 11) is 0. The molecule has 1 aromatic heterocycles. The number of tetrazole rings is 1. The fourth-order valence-electron chi connectivity index (χ4n) is 5.47. The molecule has 1 N–H and O–H groups in total. The zero-order valence-corrected chi connectivity index (χ0v) is 19.4. The molecule has 5 rings (SSSR count). The Morgan fingerprint density at radius 3 is 2.75 bits per heavy atom. The Hall–Kier alpha value is -1.99. The summed E-state index contributed by atoms with van der Waals surface area (Å²) >= 11 is 6.50. The Bertz CT molecular complexity index is 936. The van der Waals surface area contributed by atoms with Crippen molar-refractivity contribution in [2.45, 2.75) is 81.7 Å². The normalized spacial score (nSPS) is 26.5. The molecular weight excluding hydrogens is 424 g/mol. The molecule has 3 aliphatic rings. The van der Waals surface area contributed by atoms with Gasteiger partial charge in [0, 0.05) is 24.5 Å². The largest absolute Gasteiger partial charge is 0.343 e. The lowest BCUT2D eigenvalue weighted by Gasteiger charge is -2.48. The average molecular weight is 457 g/mol. The third-order valence-corrected chi connectivity index (χ3v) is 7.96. The minimum absolute atomic E-state index is 0.230. The molecule has 1 saturated heterocycles. The highest BCUT2D eigenvalue weighted by Gasteiger charge is 2.50. The second-order valence-corrected chi connectivity index (χ2v) is 10.1. The molecule has 8 heteroatoms. The van der Waals surface area contributed by atoms with Gasteiger partial charge in [-0.25, -0.2) is 4.68 Å². The van der Waals surface area contributed by atoms with E-state index in [-0.39, 0.29) is 5.54 Å². The molecule has 0 radical (unpaired) electrons. The molecule has 0 atom stereocenters. The van der Waals surface area contributed by atoms with E-state index in [1.807, 2.05) is 17.0 Å². The Labute approximate surface area is 194 Å². The molecule has 0 spiro atoms. The number of carbonyl (C=O) groups excluding carboxylic acids is 1. The molecule has 2 aliphatic carbocycles. The summed E-state index contributed by atoms with van der Waals surface area (Å²) in [5.74, 6) is 1.68. The molecule has 1 aromatic carbocycles. The van der Waals surface area contributed by atoms with Gasteiger partial charge in [-0.05, 0) is 85.9 Å². The third kappa shape index (κ3) is 4.29. The van der Waals surface area contributed by atoms with Gasteiger partial charge >= 0.3 is 0 Å². The number of hydrogen-bond acceptors (Lipinski definition) is 5. The zero-order chi connectivity index (χ0) is 22.0. The Morgan fingerprint density at radius 2 is 1.97 bits per heavy atom. The maximum Gasteiger partial charge on any atom is 0.222 e. The molecule has 7 nitrogen and oxygen atoms in total. The predicted molar refractivity (Wildman–Crippen MR) is 123 cm³/mol. The number of benzene rings is 1. The number of amides is 1. The standard InChI is InChI=1S/C24H33ClN6O/c25-21-11-4-3-10-20(21)18-16-24(17-18,23-27-28-29-31(23)19-8-6-9-19)26-13-7-15-30-14-5-1-2-12-22(30)32/h3-4,10-11,18-19,26H,1-2,5-9,12-17H2. The summed E-state index contributed by atoms with van der Waals surface area (Å²) in [6.45, 7) is 2.57. The third-order valence-electron chi connectivity index (χ3n) is 7.62. The fourth-order valence-corrected chi connectivity index (χ4v) is 5.76. The minimum atomic E-state index is -0.230. The van der Waals surface area contributed by atoms with E-state index in [0.717, 1.165) is 81.8 Å². The maximum absolute atomic E-state index is 12.3. The van der Waals surface area contributed by atoms with Gasteiger partial charge < -0.3 is 10.2 Å². The van der Waals surface area contributed by atoms with E-state index in [2.05, 4.69) is 37.7 Å². The Balaban J connectivity index is 1.27. The lowest BCUT2D eigenvalue weighted by Crippen LogP contribution is -2.54. The van der Waals surface area contributed by atoms with Gasteiger partial charge in [-0.2, -0.15) is 0 Å². The van der Waals surface area contributed by atoms with Crippen LogP contribution in [0.4, 0.5) is 0 Å². The van der Waals surface area contributed by atoms with Crippen molar-refractivity contribution in [3.8, 4) is 0 Å². The van der Waals surface area contributed by atoms with Crippen molar-refractivity contribution in [2.75, 3.05) is 19.6 Å². The molecule has 1 aliphatic heterocycles. The summed E-state index contributed by atoms with van der Waals surface area (Å²) < 4.78 is 2.07. The van der Waals surface area contributed by atoms with Crippen molar-refractivity contribution in [3.05, 3.63) is 40.7 Å². The SMILES string of the molecule is O=C1CCCCCN1CCCNC1(c2nnnn2C2CCC2)CC(c2ccccc2Cl)C1. The molecule has 2 heterocycles. The second kappa shape index (κ2) is 9.48. The number of hydrogen-bond donors (Lipinski definition) is 1. The van der Waals surface area contributed by atoms with Gasteiger partial charge in [0.25, 0.3) is 0 Å². The minimum Gasteiger partial charge on any atom is -0.343 e. The molecule has 0 bridgehead atoms. The molecule has 2 saturated carbocycles. The topological polar surface area (TPSA) is 75.9 Å². The number of carbonyl (C=O) groups is 1. The van der Waals surface area contributed by atoms with E-state index in [4.69, 9.17) is 11.6 Å². The van der Waals surface area contributed by atoms with E-state index in [9.17, 15) is 4.79 Å². The van der Waals surface area contributed by atoms with E-state index in [1.165, 1.54) is 12.0 Å². The van der Waals surface area contributed by atoms with Crippen LogP contribution < -0.4 is 5.32 Å². The van der Waals surface area contributed by atoms with Crippen molar-refractivity contribution in [3.63, 3.8) is 0 Å². The average Bonchev–Trinajstić information content (AvgIpc) is 3.09. The summed E-state index contributed by atoms with van der Waals surface area (Å²) in [4.78, 5) is 14.4. The smallest absolute Gasteiger partial charge is 0.222 e. The Kier molecular flexibility index (Phi) is 6.47. The molecule has 3 fully saturated rings. The van der Waals surface area contributed by atoms with Crippen LogP contribution in [0.25, 0.3) is 0 Å². The van der Waals surface area contributed by atoms with Gasteiger partial charge in [0.2, 0.25) is 5.91 Å². The van der Waals surface area contributed by atoms with Gasteiger partial charge in [0.05, 0.1) is 11.6 Å². The predicted octanol–water partition coefficient (Wildman–Crippen LogP) is 4.21. The van der Waals surface area contributed by atoms with Crippen LogP contribution in [0.2, 0.25) is 5.02 Å². The molecule has 2 aromatic rings. The van der Waals surface area contributed by atoms with Crippen molar-refractivity contribution in [1.29, 1.82) is 0 Å². The molecule has 0 unspecified atom stereocenters. The quantitative estimate of drug-likeness (QED) is 0.602. The summed E-state index contributed by atoms with van der Waals surface area (Å²) in [5.41, 5.74) is 0.982. The van der Waals surface area contributed by atoms with Crippen LogP contribution in [0, 0.1) is 0 Å². The van der Waals surface area contributed by atoms with E-state index in [0.29, 0.717) is 24.3 Å². The van der Waals surface area contributed by atoms with Crippen LogP contribution in [0.15, 0.2) is 24.3 Å². The van der Waals surface area contributed by atoms with Gasteiger partial charge in [-0.1, -0.05) is 36.2 Å². The van der Waals surface area contributed by atoms with Crippen LogP contribution in [0.3, 0.4) is 0 Å². The van der Waals surface area contributed by atoms with Crippen molar-refractivity contribution in [1.82, 2.24) is 30.4 Å². The highest BCUT2D eigenvalue weighted by Crippen LogP contribution is 2.52. The van der Waals surface area contributed by atoms with Crippen molar-refractivity contribution in [2.24, 2.45) is 0 Å². The molecule has 1 amide bonds.